The summed E-state index contributed by atoms with van der Waals surface area (Å²) in [5.74, 6) is -1.75. The van der Waals surface area contributed by atoms with E-state index in [1.54, 1.807) is 67.8 Å². The number of fused-ring (bicyclic) bond motifs is 1. The predicted molar refractivity (Wildman–Crippen MR) is 208 cm³/mol. The second-order valence-electron chi connectivity index (χ2n) is 15.9. The Morgan fingerprint density at radius 1 is 0.889 bits per heavy atom. The summed E-state index contributed by atoms with van der Waals surface area (Å²) < 4.78 is 10.3. The van der Waals surface area contributed by atoms with E-state index in [2.05, 4.69) is 5.32 Å². The highest BCUT2D eigenvalue weighted by molar-refractivity contribution is 6.31. The van der Waals surface area contributed by atoms with Crippen LogP contribution in [0.5, 0.6) is 0 Å². The quantitative estimate of drug-likeness (QED) is 0.222. The monoisotopic (exact) mass is 760 g/mol. The topological polar surface area (TPSA) is 126 Å². The van der Waals surface area contributed by atoms with Gasteiger partial charge < -0.3 is 24.6 Å². The number of hydrogen-bond donors (Lipinski definition) is 1. The molecule has 1 heterocycles. The molecule has 4 atom stereocenters. The normalized spacial score (nSPS) is 15.9. The van der Waals surface area contributed by atoms with Crippen molar-refractivity contribution in [3.05, 3.63) is 106 Å². The van der Waals surface area contributed by atoms with Gasteiger partial charge in [0.2, 0.25) is 17.7 Å². The predicted octanol–water partition coefficient (Wildman–Crippen LogP) is 6.96. The number of nitrogens with one attached hydrogen (secondary N) is 1. The lowest BCUT2D eigenvalue weighted by Crippen LogP contribution is -2.62. The van der Waals surface area contributed by atoms with Crippen LogP contribution in [0.2, 0.25) is 5.02 Å². The van der Waals surface area contributed by atoms with Gasteiger partial charge in [-0.2, -0.15) is 0 Å². The molecule has 12 heteroatoms. The van der Waals surface area contributed by atoms with Crippen LogP contribution in [0.15, 0.2) is 72.8 Å². The molecule has 0 bridgehead atoms. The van der Waals surface area contributed by atoms with Crippen molar-refractivity contribution < 1.29 is 33.4 Å². The number of carbonyl (C=O) groups excluding carboxylic acids is 5. The van der Waals surface area contributed by atoms with E-state index in [0.717, 1.165) is 22.3 Å². The molecule has 0 fully saturated rings. The number of carbonyl (C=O) groups is 5. The summed E-state index contributed by atoms with van der Waals surface area (Å²) in [5, 5.41) is 3.41. The van der Waals surface area contributed by atoms with E-state index in [0.29, 0.717) is 10.6 Å². The Labute approximate surface area is 323 Å². The number of methoxy groups -OCH3 is 1. The third-order valence-electron chi connectivity index (χ3n) is 9.69. The largest absolute Gasteiger partial charge is 0.465 e. The smallest absolute Gasteiger partial charge is 0.410 e. The number of esters is 1. The molecular weight excluding hydrogens is 708 g/mol. The highest BCUT2D eigenvalue weighted by atomic mass is 35.5. The highest BCUT2D eigenvalue weighted by Gasteiger charge is 2.44. The first-order valence-corrected chi connectivity index (χ1v) is 18.5. The van der Waals surface area contributed by atoms with Gasteiger partial charge in [0.1, 0.15) is 23.7 Å². The molecule has 1 N–H and O–H groups in total. The Morgan fingerprint density at radius 2 is 1.48 bits per heavy atom. The van der Waals surface area contributed by atoms with Gasteiger partial charge in [-0.3, -0.25) is 19.3 Å². The van der Waals surface area contributed by atoms with Gasteiger partial charge in [0, 0.05) is 31.6 Å². The number of nitrogens with zero attached hydrogens (tertiary/aromatic N) is 3. The lowest BCUT2D eigenvalue weighted by molar-refractivity contribution is -0.152. The second-order valence-corrected chi connectivity index (χ2v) is 16.3. The molecule has 3 aromatic rings. The number of likely N-dealkylation sites (N-methyl/N-ethyl adjacent to an activating group) is 1. The molecule has 54 heavy (non-hydrogen) atoms. The highest BCUT2D eigenvalue weighted by Crippen LogP contribution is 2.34. The molecule has 0 saturated heterocycles. The summed E-state index contributed by atoms with van der Waals surface area (Å²) in [5.41, 5.74) is 2.16. The zero-order valence-corrected chi connectivity index (χ0v) is 33.7. The maximum atomic E-state index is 15.1. The van der Waals surface area contributed by atoms with Gasteiger partial charge in [0.05, 0.1) is 18.7 Å². The Morgan fingerprint density at radius 3 is 2.06 bits per heavy atom. The minimum atomic E-state index is -1.06. The fourth-order valence-electron chi connectivity index (χ4n) is 6.36. The Bertz CT molecular complexity index is 1850. The van der Waals surface area contributed by atoms with Crippen molar-refractivity contribution in [3.63, 3.8) is 0 Å². The molecule has 3 aromatic carbocycles. The summed E-state index contributed by atoms with van der Waals surface area (Å²) in [6, 6.07) is 18.4. The third kappa shape index (κ3) is 9.99. The van der Waals surface area contributed by atoms with Gasteiger partial charge in [-0.15, -0.1) is 0 Å². The lowest BCUT2D eigenvalue weighted by atomic mass is 9.84. The van der Waals surface area contributed by atoms with E-state index >= 15 is 4.79 Å². The molecule has 4 amide bonds. The van der Waals surface area contributed by atoms with Gasteiger partial charge in [0.15, 0.2) is 0 Å². The maximum absolute atomic E-state index is 15.1. The van der Waals surface area contributed by atoms with Gasteiger partial charge in [0.25, 0.3) is 0 Å². The summed E-state index contributed by atoms with van der Waals surface area (Å²) >= 11 is 6.69. The maximum Gasteiger partial charge on any atom is 0.410 e. The Balaban J connectivity index is 1.73. The van der Waals surface area contributed by atoms with Crippen LogP contribution in [0.25, 0.3) is 0 Å². The molecule has 0 aliphatic carbocycles. The van der Waals surface area contributed by atoms with Crippen molar-refractivity contribution in [1.29, 1.82) is 0 Å². The fraction of sp³-hybridized carbons (Fsp3) is 0.452. The third-order valence-corrected chi connectivity index (χ3v) is 10.0. The van der Waals surface area contributed by atoms with Gasteiger partial charge in [-0.25, -0.2) is 9.59 Å². The van der Waals surface area contributed by atoms with Crippen LogP contribution in [0.1, 0.15) is 94.0 Å². The molecule has 0 aromatic heterocycles. The van der Waals surface area contributed by atoms with Crippen LogP contribution < -0.4 is 5.32 Å². The minimum absolute atomic E-state index is 0.142. The Hall–Kier alpha value is -4.90. The molecular formula is C42H53ClN4O7. The number of benzene rings is 3. The Kier molecular flexibility index (Phi) is 13.2. The van der Waals surface area contributed by atoms with Crippen LogP contribution in [-0.2, 0) is 43.4 Å². The van der Waals surface area contributed by atoms with E-state index < -0.39 is 59.1 Å². The van der Waals surface area contributed by atoms with E-state index in [9.17, 15) is 19.2 Å². The first-order valence-electron chi connectivity index (χ1n) is 18.1. The molecule has 1 aliphatic rings. The van der Waals surface area contributed by atoms with Crippen molar-refractivity contribution >= 4 is 41.4 Å². The molecule has 4 unspecified atom stereocenters. The zero-order valence-electron chi connectivity index (χ0n) is 32.9. The van der Waals surface area contributed by atoms with Crippen molar-refractivity contribution in [3.8, 4) is 0 Å². The van der Waals surface area contributed by atoms with Crippen molar-refractivity contribution in [2.75, 3.05) is 14.2 Å². The molecule has 0 radical (unpaired) electrons. The van der Waals surface area contributed by atoms with Crippen LogP contribution in [0.4, 0.5) is 4.79 Å². The number of amides is 4. The van der Waals surface area contributed by atoms with Gasteiger partial charge >= 0.3 is 12.1 Å². The van der Waals surface area contributed by atoms with Crippen molar-refractivity contribution in [2.45, 2.75) is 105 Å². The summed E-state index contributed by atoms with van der Waals surface area (Å²) in [7, 11) is 2.79. The van der Waals surface area contributed by atoms with Crippen LogP contribution >= 0.6 is 11.6 Å². The summed E-state index contributed by atoms with van der Waals surface area (Å²) in [6.45, 7) is 14.5. The fourth-order valence-corrected chi connectivity index (χ4v) is 6.65. The first kappa shape index (κ1) is 41.9. The summed E-state index contributed by atoms with van der Waals surface area (Å²) in [6.07, 6.45) is -0.425. The van der Waals surface area contributed by atoms with E-state index in [-0.39, 0.29) is 25.4 Å². The number of rotatable bonds is 10. The first-order chi connectivity index (χ1) is 25.2. The molecule has 290 valence electrons. The van der Waals surface area contributed by atoms with E-state index in [1.807, 2.05) is 70.2 Å². The molecule has 1 aliphatic heterocycles. The number of halogens is 1. The minimum Gasteiger partial charge on any atom is -0.465 e. The number of ether oxygens (including phenoxy) is 2. The molecule has 11 nitrogen and oxygen atoms in total. The molecule has 4 rings (SSSR count). The van der Waals surface area contributed by atoms with E-state index in [4.69, 9.17) is 21.1 Å². The molecule has 0 spiro atoms. The zero-order chi connectivity index (χ0) is 40.1. The summed E-state index contributed by atoms with van der Waals surface area (Å²) in [4.78, 5) is 73.2. The average molecular weight is 761 g/mol. The SMILES string of the molecule is COC(=O)c1ccc(CN(C(=O)C2Cc3ccccc3CN2C(=O)C(NC(=O)C(C)N(C)C(=O)OC(C)(C)C)C(C)(C)C)C(C)c2ccccc2Cl)cc1. The van der Waals surface area contributed by atoms with Crippen molar-refractivity contribution in [1.82, 2.24) is 20.0 Å². The average Bonchev–Trinajstić information content (AvgIpc) is 3.12. The molecule has 0 saturated carbocycles. The van der Waals surface area contributed by atoms with Gasteiger partial charge in [-0.05, 0) is 80.5 Å². The second kappa shape index (κ2) is 17.1. The van der Waals surface area contributed by atoms with Crippen LogP contribution in [0, 0.1) is 5.41 Å². The van der Waals surface area contributed by atoms with Gasteiger partial charge in [-0.1, -0.05) is 87.0 Å². The van der Waals surface area contributed by atoms with Crippen LogP contribution in [0.3, 0.4) is 0 Å². The van der Waals surface area contributed by atoms with E-state index in [1.165, 1.54) is 19.1 Å². The van der Waals surface area contributed by atoms with Crippen LogP contribution in [-0.4, -0.2) is 82.4 Å². The standard InChI is InChI=1S/C42H53ClN4O7/c1-26(32-17-13-14-18-33(32)43)46(24-28-19-21-29(22-20-28)39(51)53-10)37(49)34-23-30-15-11-12-16-31(30)25-47(34)38(50)35(41(3,4)5)44-36(48)27(2)45(9)40(52)54-42(6,7)8/h11-22,26-27,34-35H,23-25H2,1-10H3,(H,44,48). The van der Waals surface area contributed by atoms with Crippen molar-refractivity contribution in [2.24, 2.45) is 5.41 Å². The number of hydrogen-bond acceptors (Lipinski definition) is 7. The lowest BCUT2D eigenvalue weighted by Gasteiger charge is -2.43.